The van der Waals surface area contributed by atoms with Gasteiger partial charge in [0.05, 0.1) is 0 Å². The molecule has 1 fully saturated rings. The summed E-state index contributed by atoms with van der Waals surface area (Å²) in [6, 6.07) is 3.95. The molecule has 8 heteroatoms. The first-order valence-corrected chi connectivity index (χ1v) is 9.71. The largest absolute Gasteiger partial charge is 0.371 e. The van der Waals surface area contributed by atoms with Crippen LogP contribution in [0, 0.1) is 17.6 Å². The molecular formula is C20H26F2N4O2. The lowest BCUT2D eigenvalue weighted by Gasteiger charge is -2.19. The van der Waals surface area contributed by atoms with Gasteiger partial charge in [0.25, 0.3) is 0 Å². The fourth-order valence-electron chi connectivity index (χ4n) is 3.27. The Kier molecular flexibility index (Phi) is 6.59. The van der Waals surface area contributed by atoms with Gasteiger partial charge in [-0.15, -0.1) is 0 Å². The van der Waals surface area contributed by atoms with Gasteiger partial charge in [-0.3, -0.25) is 4.79 Å². The number of benzene rings is 1. The lowest BCUT2D eigenvalue weighted by Crippen LogP contribution is -2.30. The molecule has 1 aliphatic rings. The van der Waals surface area contributed by atoms with Crippen LogP contribution in [0.3, 0.4) is 0 Å². The van der Waals surface area contributed by atoms with E-state index in [4.69, 9.17) is 4.52 Å². The molecule has 3 rings (SSSR count). The van der Waals surface area contributed by atoms with Crippen molar-refractivity contribution < 1.29 is 18.1 Å². The molecule has 1 aliphatic heterocycles. The predicted octanol–water partition coefficient (Wildman–Crippen LogP) is 3.44. The van der Waals surface area contributed by atoms with Crippen molar-refractivity contribution in [3.05, 3.63) is 41.5 Å². The summed E-state index contributed by atoms with van der Waals surface area (Å²) in [5.41, 5.74) is 0.674. The maximum absolute atomic E-state index is 13.4. The molecule has 0 aliphatic carbocycles. The number of anilines is 1. The molecule has 0 radical (unpaired) electrons. The van der Waals surface area contributed by atoms with Crippen molar-refractivity contribution in [2.24, 2.45) is 5.92 Å². The van der Waals surface area contributed by atoms with Gasteiger partial charge in [0, 0.05) is 50.1 Å². The SMILES string of the molecule is CC(C)c1noc(CCCC(=O)NCC2CCN(c3ccc(F)c(F)c3)C2)n1. The molecule has 0 spiro atoms. The Labute approximate surface area is 163 Å². The minimum absolute atomic E-state index is 0.00475. The number of amides is 1. The Balaban J connectivity index is 1.36. The minimum atomic E-state index is -0.840. The van der Waals surface area contributed by atoms with E-state index in [1.807, 2.05) is 18.7 Å². The number of carbonyl (C=O) groups excluding carboxylic acids is 1. The maximum Gasteiger partial charge on any atom is 0.226 e. The normalized spacial score (nSPS) is 16.8. The molecule has 1 amide bonds. The predicted molar refractivity (Wildman–Crippen MR) is 101 cm³/mol. The highest BCUT2D eigenvalue weighted by Gasteiger charge is 2.23. The third-order valence-corrected chi connectivity index (χ3v) is 4.94. The Bertz CT molecular complexity index is 809. The highest BCUT2D eigenvalue weighted by molar-refractivity contribution is 5.75. The zero-order chi connectivity index (χ0) is 20.1. The molecule has 1 N–H and O–H groups in total. The van der Waals surface area contributed by atoms with E-state index in [1.54, 1.807) is 6.07 Å². The van der Waals surface area contributed by atoms with Crippen LogP contribution < -0.4 is 10.2 Å². The Morgan fingerprint density at radius 2 is 2.18 bits per heavy atom. The van der Waals surface area contributed by atoms with Crippen LogP contribution in [-0.4, -0.2) is 35.7 Å². The van der Waals surface area contributed by atoms with Crippen molar-refractivity contribution in [1.82, 2.24) is 15.5 Å². The van der Waals surface area contributed by atoms with Gasteiger partial charge in [-0.05, 0) is 30.9 Å². The third-order valence-electron chi connectivity index (χ3n) is 4.94. The summed E-state index contributed by atoms with van der Waals surface area (Å²) < 4.78 is 31.6. The van der Waals surface area contributed by atoms with Gasteiger partial charge < -0.3 is 14.7 Å². The number of nitrogens with one attached hydrogen (secondary N) is 1. The van der Waals surface area contributed by atoms with Gasteiger partial charge in [0.15, 0.2) is 17.5 Å². The van der Waals surface area contributed by atoms with E-state index in [9.17, 15) is 13.6 Å². The second-order valence-corrected chi connectivity index (χ2v) is 7.56. The van der Waals surface area contributed by atoms with Crippen LogP contribution >= 0.6 is 0 Å². The van der Waals surface area contributed by atoms with Crippen molar-refractivity contribution >= 4 is 11.6 Å². The second kappa shape index (κ2) is 9.12. The Morgan fingerprint density at radius 3 is 2.89 bits per heavy atom. The summed E-state index contributed by atoms with van der Waals surface area (Å²) in [7, 11) is 0. The highest BCUT2D eigenvalue weighted by Crippen LogP contribution is 2.25. The monoisotopic (exact) mass is 392 g/mol. The zero-order valence-corrected chi connectivity index (χ0v) is 16.3. The van der Waals surface area contributed by atoms with Crippen LogP contribution in [-0.2, 0) is 11.2 Å². The first-order chi connectivity index (χ1) is 13.4. The van der Waals surface area contributed by atoms with Crippen LogP contribution in [0.1, 0.15) is 50.7 Å². The standard InChI is InChI=1S/C20H26F2N4O2/c1-13(2)20-24-19(28-25-20)5-3-4-18(27)23-11-14-8-9-26(12-14)15-6-7-16(21)17(22)10-15/h6-7,10,13-14H,3-5,8-9,11-12H2,1-2H3,(H,23,27). The van der Waals surface area contributed by atoms with Crippen LogP contribution in [0.2, 0.25) is 0 Å². The summed E-state index contributed by atoms with van der Waals surface area (Å²) in [5, 5.41) is 6.87. The van der Waals surface area contributed by atoms with Crippen molar-refractivity contribution in [2.75, 3.05) is 24.5 Å². The van der Waals surface area contributed by atoms with Crippen LogP contribution in [0.5, 0.6) is 0 Å². The molecule has 1 atom stereocenters. The van der Waals surface area contributed by atoms with Crippen LogP contribution in [0.4, 0.5) is 14.5 Å². The Hall–Kier alpha value is -2.51. The summed E-state index contributed by atoms with van der Waals surface area (Å²) >= 11 is 0. The van der Waals surface area contributed by atoms with E-state index in [-0.39, 0.29) is 11.8 Å². The number of hydrogen-bond donors (Lipinski definition) is 1. The molecule has 0 saturated carbocycles. The van der Waals surface area contributed by atoms with Crippen LogP contribution in [0.15, 0.2) is 22.7 Å². The summed E-state index contributed by atoms with van der Waals surface area (Å²) in [6.07, 6.45) is 2.54. The molecule has 6 nitrogen and oxygen atoms in total. The number of aryl methyl sites for hydroxylation is 1. The third kappa shape index (κ3) is 5.27. The van der Waals surface area contributed by atoms with Gasteiger partial charge in [0.1, 0.15) is 0 Å². The fraction of sp³-hybridized carbons (Fsp3) is 0.550. The summed E-state index contributed by atoms with van der Waals surface area (Å²) in [5.74, 6) is 0.0825. The fourth-order valence-corrected chi connectivity index (χ4v) is 3.27. The molecule has 28 heavy (non-hydrogen) atoms. The zero-order valence-electron chi connectivity index (χ0n) is 16.3. The number of hydrogen-bond acceptors (Lipinski definition) is 5. The second-order valence-electron chi connectivity index (χ2n) is 7.56. The summed E-state index contributed by atoms with van der Waals surface area (Å²) in [4.78, 5) is 18.4. The quantitative estimate of drug-likeness (QED) is 0.745. The lowest BCUT2D eigenvalue weighted by atomic mass is 10.1. The molecular weight excluding hydrogens is 366 g/mol. The van der Waals surface area contributed by atoms with Gasteiger partial charge in [0.2, 0.25) is 11.8 Å². The van der Waals surface area contributed by atoms with E-state index < -0.39 is 11.6 Å². The molecule has 1 aromatic carbocycles. The molecule has 2 heterocycles. The van der Waals surface area contributed by atoms with Gasteiger partial charge in [-0.2, -0.15) is 4.98 Å². The number of carbonyl (C=O) groups is 1. The first kappa shape index (κ1) is 20.2. The molecule has 1 unspecified atom stereocenters. The minimum Gasteiger partial charge on any atom is -0.371 e. The van der Waals surface area contributed by atoms with Crippen LogP contribution in [0.25, 0.3) is 0 Å². The smallest absolute Gasteiger partial charge is 0.226 e. The lowest BCUT2D eigenvalue weighted by molar-refractivity contribution is -0.121. The molecule has 2 aromatic rings. The maximum atomic E-state index is 13.4. The average molecular weight is 392 g/mol. The summed E-state index contributed by atoms with van der Waals surface area (Å²) in [6.45, 7) is 6.06. The van der Waals surface area contributed by atoms with E-state index in [0.717, 1.165) is 19.0 Å². The highest BCUT2D eigenvalue weighted by atomic mass is 19.2. The molecule has 1 aromatic heterocycles. The number of nitrogens with zero attached hydrogens (tertiary/aromatic N) is 3. The number of aromatic nitrogens is 2. The molecule has 0 bridgehead atoms. The van der Waals surface area contributed by atoms with Gasteiger partial charge >= 0.3 is 0 Å². The topological polar surface area (TPSA) is 71.3 Å². The number of halogens is 2. The van der Waals surface area contributed by atoms with E-state index in [1.165, 1.54) is 6.07 Å². The van der Waals surface area contributed by atoms with Gasteiger partial charge in [-0.1, -0.05) is 19.0 Å². The van der Waals surface area contributed by atoms with Crippen molar-refractivity contribution in [3.8, 4) is 0 Å². The molecule has 1 saturated heterocycles. The number of rotatable bonds is 8. The molecule has 152 valence electrons. The van der Waals surface area contributed by atoms with Crippen molar-refractivity contribution in [2.45, 2.75) is 45.4 Å². The Morgan fingerprint density at radius 1 is 1.36 bits per heavy atom. The van der Waals surface area contributed by atoms with E-state index in [2.05, 4.69) is 15.5 Å². The first-order valence-electron chi connectivity index (χ1n) is 9.71. The van der Waals surface area contributed by atoms with Crippen molar-refractivity contribution in [3.63, 3.8) is 0 Å². The van der Waals surface area contributed by atoms with E-state index in [0.29, 0.717) is 55.7 Å². The van der Waals surface area contributed by atoms with Gasteiger partial charge in [-0.25, -0.2) is 8.78 Å². The average Bonchev–Trinajstić information content (AvgIpc) is 3.32. The van der Waals surface area contributed by atoms with Crippen molar-refractivity contribution in [1.29, 1.82) is 0 Å². The van der Waals surface area contributed by atoms with E-state index >= 15 is 0 Å².